The summed E-state index contributed by atoms with van der Waals surface area (Å²) in [4.78, 5) is 27.6. The van der Waals surface area contributed by atoms with E-state index in [0.717, 1.165) is 11.1 Å². The molecule has 1 amide bonds. The van der Waals surface area contributed by atoms with Gasteiger partial charge >= 0.3 is 0 Å². The van der Waals surface area contributed by atoms with Crippen molar-refractivity contribution in [2.45, 2.75) is 18.6 Å². The van der Waals surface area contributed by atoms with E-state index in [4.69, 9.17) is 21.1 Å². The molecule has 2 aliphatic rings. The molecule has 0 radical (unpaired) electrons. The van der Waals surface area contributed by atoms with Gasteiger partial charge in [-0.2, -0.15) is 0 Å². The molecular weight excluding hydrogens is 442 g/mol. The van der Waals surface area contributed by atoms with E-state index in [2.05, 4.69) is 0 Å². The molecule has 5 rings (SSSR count). The number of hydrogen-bond acceptors (Lipinski definition) is 5. The molecule has 6 nitrogen and oxygen atoms in total. The van der Waals surface area contributed by atoms with Crippen LogP contribution in [0, 0.1) is 0 Å². The average Bonchev–Trinajstić information content (AvgIpc) is 3.36. The number of ether oxygens (including phenoxy) is 2. The lowest BCUT2D eigenvalue weighted by Crippen LogP contribution is -2.41. The molecule has 166 valence electrons. The zero-order valence-corrected chi connectivity index (χ0v) is 18.3. The van der Waals surface area contributed by atoms with Gasteiger partial charge < -0.3 is 19.5 Å². The molecule has 1 N–H and O–H groups in total. The molecule has 0 bridgehead atoms. The van der Waals surface area contributed by atoms with E-state index in [1.165, 1.54) is 11.0 Å². The monoisotopic (exact) mass is 461 g/mol. The van der Waals surface area contributed by atoms with Crippen LogP contribution in [-0.4, -0.2) is 23.6 Å². The van der Waals surface area contributed by atoms with Crippen molar-refractivity contribution >= 4 is 35.1 Å². The minimum absolute atomic E-state index is 0.169. The maximum atomic E-state index is 13.3. The Labute approximate surface area is 195 Å². The first-order chi connectivity index (χ1) is 15.9. The highest BCUT2D eigenvalue weighted by molar-refractivity contribution is 6.30. The van der Waals surface area contributed by atoms with Crippen molar-refractivity contribution in [3.05, 3.63) is 94.5 Å². The zero-order chi connectivity index (χ0) is 23.0. The van der Waals surface area contributed by atoms with Crippen LogP contribution in [0.1, 0.15) is 23.1 Å². The predicted molar refractivity (Wildman–Crippen MR) is 124 cm³/mol. The van der Waals surface area contributed by atoms with Gasteiger partial charge in [0, 0.05) is 10.6 Å². The largest absolute Gasteiger partial charge is 0.454 e. The van der Waals surface area contributed by atoms with Gasteiger partial charge in [-0.25, -0.2) is 0 Å². The minimum Gasteiger partial charge on any atom is -0.454 e. The van der Waals surface area contributed by atoms with Crippen molar-refractivity contribution in [2.24, 2.45) is 0 Å². The number of carbonyl (C=O) groups excluding carboxylic acids is 2. The Kier molecular flexibility index (Phi) is 5.40. The third kappa shape index (κ3) is 3.99. The summed E-state index contributed by atoms with van der Waals surface area (Å²) in [5, 5.41) is 12.0. The second-order valence-corrected chi connectivity index (χ2v) is 8.42. The number of allylic oxidation sites excluding steroid dienone is 1. The Morgan fingerprint density at radius 1 is 1.06 bits per heavy atom. The lowest BCUT2D eigenvalue weighted by molar-refractivity contribution is -0.140. The Morgan fingerprint density at radius 3 is 2.64 bits per heavy atom. The van der Waals surface area contributed by atoms with E-state index in [1.807, 2.05) is 12.1 Å². The topological polar surface area (TPSA) is 76.1 Å². The Balaban J connectivity index is 1.37. The van der Waals surface area contributed by atoms with Gasteiger partial charge in [-0.3, -0.25) is 9.59 Å². The number of amides is 1. The van der Waals surface area contributed by atoms with Crippen LogP contribution in [-0.2, 0) is 21.7 Å². The van der Waals surface area contributed by atoms with Crippen LogP contribution in [0.5, 0.6) is 11.5 Å². The van der Waals surface area contributed by atoms with Gasteiger partial charge in [-0.15, -0.1) is 0 Å². The third-order valence-electron chi connectivity index (χ3n) is 5.78. The van der Waals surface area contributed by atoms with Crippen molar-refractivity contribution in [3.63, 3.8) is 0 Å². The summed E-state index contributed by atoms with van der Waals surface area (Å²) in [7, 11) is 0. The van der Waals surface area contributed by atoms with Crippen LogP contribution in [0.4, 0.5) is 5.69 Å². The summed E-state index contributed by atoms with van der Waals surface area (Å²) in [6, 6.07) is 19.5. The van der Waals surface area contributed by atoms with Gasteiger partial charge in [0.2, 0.25) is 6.79 Å². The average molecular weight is 462 g/mol. The number of fused-ring (bicyclic) bond motifs is 2. The van der Waals surface area contributed by atoms with Crippen molar-refractivity contribution < 1.29 is 24.2 Å². The number of para-hydroxylation sites is 1. The lowest BCUT2D eigenvalue weighted by atomic mass is 9.89. The van der Waals surface area contributed by atoms with Crippen LogP contribution in [0.2, 0.25) is 5.02 Å². The molecule has 2 heterocycles. The van der Waals surface area contributed by atoms with E-state index < -0.39 is 11.5 Å². The summed E-state index contributed by atoms with van der Waals surface area (Å²) in [5.41, 5.74) is 0.698. The Hall–Kier alpha value is -3.61. The minimum atomic E-state index is -1.93. The highest BCUT2D eigenvalue weighted by atomic mass is 35.5. The fraction of sp³-hybridized carbons (Fsp3) is 0.154. The van der Waals surface area contributed by atoms with Crippen molar-refractivity contribution in [1.29, 1.82) is 0 Å². The summed E-state index contributed by atoms with van der Waals surface area (Å²) in [5.74, 6) is 0.373. The van der Waals surface area contributed by atoms with Gasteiger partial charge in [0.05, 0.1) is 18.7 Å². The molecular formula is C26H20ClNO5. The van der Waals surface area contributed by atoms with Crippen molar-refractivity contribution in [3.8, 4) is 11.5 Å². The number of halogens is 1. The summed E-state index contributed by atoms with van der Waals surface area (Å²) < 4.78 is 10.6. The number of benzene rings is 3. The third-order valence-corrected chi connectivity index (χ3v) is 6.03. The standard InChI is InChI=1S/C26H20ClNO5/c27-19-9-5-18(6-10-19)15-28-22-4-2-1-3-21(22)26(31,25(28)30)14-20(29)11-7-17-8-12-23-24(13-17)33-16-32-23/h1-13,31H,14-16H2. The molecule has 0 spiro atoms. The van der Waals surface area contributed by atoms with Gasteiger partial charge in [0.25, 0.3) is 5.91 Å². The van der Waals surface area contributed by atoms with Crippen molar-refractivity contribution in [1.82, 2.24) is 0 Å². The Bertz CT molecular complexity index is 1270. The molecule has 0 aromatic heterocycles. The van der Waals surface area contributed by atoms with Crippen LogP contribution >= 0.6 is 11.6 Å². The number of ketones is 1. The zero-order valence-electron chi connectivity index (χ0n) is 17.5. The van der Waals surface area contributed by atoms with E-state index in [-0.39, 0.29) is 25.5 Å². The molecule has 0 fully saturated rings. The van der Waals surface area contributed by atoms with Gasteiger partial charge in [0.1, 0.15) is 0 Å². The molecule has 7 heteroatoms. The van der Waals surface area contributed by atoms with E-state index in [9.17, 15) is 14.7 Å². The first-order valence-electron chi connectivity index (χ1n) is 10.4. The van der Waals surface area contributed by atoms with Crippen LogP contribution in [0.25, 0.3) is 6.08 Å². The number of rotatable bonds is 6. The normalized spacial score (nSPS) is 18.7. The molecule has 1 unspecified atom stereocenters. The maximum absolute atomic E-state index is 13.3. The number of carbonyl (C=O) groups is 2. The molecule has 3 aromatic carbocycles. The second-order valence-electron chi connectivity index (χ2n) is 7.98. The molecule has 2 aliphatic heterocycles. The highest BCUT2D eigenvalue weighted by Crippen LogP contribution is 2.43. The fourth-order valence-electron chi connectivity index (χ4n) is 4.12. The Morgan fingerprint density at radius 2 is 1.82 bits per heavy atom. The first-order valence-corrected chi connectivity index (χ1v) is 10.8. The fourth-order valence-corrected chi connectivity index (χ4v) is 4.25. The van der Waals surface area contributed by atoms with Crippen molar-refractivity contribution in [2.75, 3.05) is 11.7 Å². The highest BCUT2D eigenvalue weighted by Gasteiger charge is 2.50. The van der Waals surface area contributed by atoms with Gasteiger partial charge in [-0.05, 0) is 47.5 Å². The lowest BCUT2D eigenvalue weighted by Gasteiger charge is -2.22. The molecule has 0 saturated carbocycles. The molecule has 3 aromatic rings. The number of nitrogens with zero attached hydrogens (tertiary/aromatic N) is 1. The maximum Gasteiger partial charge on any atom is 0.264 e. The number of anilines is 1. The van der Waals surface area contributed by atoms with Gasteiger partial charge in [0.15, 0.2) is 22.9 Å². The molecule has 1 atom stereocenters. The van der Waals surface area contributed by atoms with Crippen LogP contribution in [0.3, 0.4) is 0 Å². The summed E-state index contributed by atoms with van der Waals surface area (Å²) >= 11 is 5.96. The quantitative estimate of drug-likeness (QED) is 0.548. The van der Waals surface area contributed by atoms with E-state index in [1.54, 1.807) is 60.7 Å². The second kappa shape index (κ2) is 8.39. The molecule has 0 saturated heterocycles. The van der Waals surface area contributed by atoms with E-state index >= 15 is 0 Å². The smallest absolute Gasteiger partial charge is 0.264 e. The van der Waals surface area contributed by atoms with Gasteiger partial charge in [-0.1, -0.05) is 54.1 Å². The predicted octanol–water partition coefficient (Wildman–Crippen LogP) is 4.48. The molecule has 0 aliphatic carbocycles. The SMILES string of the molecule is O=C(C=Cc1ccc2c(c1)OCO2)CC1(O)C(=O)N(Cc2ccc(Cl)cc2)c2ccccc21. The number of aliphatic hydroxyl groups is 1. The molecule has 33 heavy (non-hydrogen) atoms. The summed E-state index contributed by atoms with van der Waals surface area (Å²) in [6.45, 7) is 0.430. The van der Waals surface area contributed by atoms with Crippen LogP contribution < -0.4 is 14.4 Å². The van der Waals surface area contributed by atoms with Crippen LogP contribution in [0.15, 0.2) is 72.8 Å². The first kappa shape index (κ1) is 21.2. The summed E-state index contributed by atoms with van der Waals surface area (Å²) in [6.07, 6.45) is 2.64. The number of hydrogen-bond donors (Lipinski definition) is 1. The van der Waals surface area contributed by atoms with E-state index in [0.29, 0.717) is 27.8 Å².